The summed E-state index contributed by atoms with van der Waals surface area (Å²) in [6.45, 7) is 3.44. The molecule has 0 aliphatic carbocycles. The molecule has 0 radical (unpaired) electrons. The number of amides is 1. The molecular formula is C26H36F3N6O2+. The van der Waals surface area contributed by atoms with Crippen molar-refractivity contribution in [1.29, 1.82) is 0 Å². The lowest BCUT2D eigenvalue weighted by Gasteiger charge is -2.34. The molecule has 1 heterocycles. The van der Waals surface area contributed by atoms with Crippen molar-refractivity contribution in [2.75, 3.05) is 39.8 Å². The lowest BCUT2D eigenvalue weighted by Crippen LogP contribution is -2.51. The number of aromatic nitrogens is 1. The Morgan fingerprint density at radius 2 is 1.70 bits per heavy atom. The second kappa shape index (κ2) is 12.5. The number of carbonyl (C=O) groups is 1. The number of nitrogens with zero attached hydrogens (tertiary/aromatic N) is 2. The van der Waals surface area contributed by atoms with Gasteiger partial charge in [0.15, 0.2) is 5.58 Å². The van der Waals surface area contributed by atoms with Gasteiger partial charge in [-0.3, -0.25) is 4.79 Å². The van der Waals surface area contributed by atoms with Gasteiger partial charge in [0.05, 0.1) is 38.3 Å². The van der Waals surface area contributed by atoms with E-state index in [-0.39, 0.29) is 18.2 Å². The summed E-state index contributed by atoms with van der Waals surface area (Å²) in [6, 6.07) is 10.5. The molecule has 1 amide bonds. The van der Waals surface area contributed by atoms with Crippen molar-refractivity contribution < 1.29 is 26.9 Å². The third-order valence-corrected chi connectivity index (χ3v) is 6.53. The third-order valence-electron chi connectivity index (χ3n) is 6.53. The van der Waals surface area contributed by atoms with Crippen LogP contribution in [0.5, 0.6) is 0 Å². The predicted molar refractivity (Wildman–Crippen MR) is 136 cm³/mol. The molecule has 8 nitrogen and oxygen atoms in total. The number of para-hydroxylation sites is 2. The van der Waals surface area contributed by atoms with Crippen molar-refractivity contribution in [2.24, 2.45) is 17.2 Å². The van der Waals surface area contributed by atoms with Crippen molar-refractivity contribution in [3.8, 4) is 0 Å². The SMILES string of the molecule is C[N+](CCN)(CCN)CCCC(N)C(=O)N[C@@H](Cc1ccc(C(F)(F)F)cc1)c1nc2ccccc2o1. The minimum absolute atomic E-state index is 0.186. The van der Waals surface area contributed by atoms with E-state index in [1.807, 2.05) is 6.07 Å². The standard InChI is InChI=1S/C26H35F3N6O2/c1-35(15-12-30,16-13-31)14-4-5-20(32)24(36)33-22(25-34-21-6-2-3-7-23(21)37-25)17-18-8-10-19(11-9-18)26(27,28)29/h2-3,6-11,20,22H,4-5,12-17,30-32H2,1H3/p+1/t20?,22-/m0/s1. The van der Waals surface area contributed by atoms with E-state index in [1.165, 1.54) is 12.1 Å². The lowest BCUT2D eigenvalue weighted by molar-refractivity contribution is -0.907. The zero-order chi connectivity index (χ0) is 27.1. The maximum Gasteiger partial charge on any atom is 0.416 e. The normalized spacial score (nSPS) is 14.0. The maximum absolute atomic E-state index is 13.0. The van der Waals surface area contributed by atoms with Crippen LogP contribution in [0.4, 0.5) is 13.2 Å². The van der Waals surface area contributed by atoms with Crippen LogP contribution < -0.4 is 22.5 Å². The first-order valence-electron chi connectivity index (χ1n) is 12.4. The highest BCUT2D eigenvalue weighted by atomic mass is 19.4. The second-order valence-electron chi connectivity index (χ2n) is 9.60. The molecule has 37 heavy (non-hydrogen) atoms. The first kappa shape index (κ1) is 28.6. The molecule has 7 N–H and O–H groups in total. The smallest absolute Gasteiger partial charge is 0.416 e. The molecule has 0 aliphatic heterocycles. The molecular weight excluding hydrogens is 485 g/mol. The highest BCUT2D eigenvalue weighted by Gasteiger charge is 2.30. The Bertz CT molecular complexity index is 1110. The number of hydrogen-bond donors (Lipinski definition) is 4. The van der Waals surface area contributed by atoms with Crippen LogP contribution in [0.3, 0.4) is 0 Å². The van der Waals surface area contributed by atoms with Crippen molar-refractivity contribution in [2.45, 2.75) is 37.5 Å². The predicted octanol–water partition coefficient (Wildman–Crippen LogP) is 2.72. The molecule has 1 unspecified atom stereocenters. The summed E-state index contributed by atoms with van der Waals surface area (Å²) in [5.74, 6) is -0.122. The molecule has 202 valence electrons. The van der Waals surface area contributed by atoms with Crippen LogP contribution in [0.2, 0.25) is 0 Å². The molecule has 0 bridgehead atoms. The van der Waals surface area contributed by atoms with Crippen LogP contribution in [0.1, 0.15) is 35.9 Å². The Labute approximate surface area is 214 Å². The number of oxazole rings is 1. The molecule has 11 heteroatoms. The largest absolute Gasteiger partial charge is 0.438 e. The molecule has 2 atom stereocenters. The van der Waals surface area contributed by atoms with E-state index in [0.717, 1.165) is 31.8 Å². The van der Waals surface area contributed by atoms with E-state index in [4.69, 9.17) is 21.6 Å². The summed E-state index contributed by atoms with van der Waals surface area (Å²) in [5.41, 5.74) is 18.7. The number of halogens is 3. The zero-order valence-corrected chi connectivity index (χ0v) is 21.0. The molecule has 0 saturated carbocycles. The van der Waals surface area contributed by atoms with Gasteiger partial charge in [0.2, 0.25) is 11.8 Å². The minimum Gasteiger partial charge on any atom is -0.438 e. The quantitative estimate of drug-likeness (QED) is 0.256. The second-order valence-corrected chi connectivity index (χ2v) is 9.60. The number of benzene rings is 2. The fraction of sp³-hybridized carbons (Fsp3) is 0.462. The van der Waals surface area contributed by atoms with Crippen LogP contribution in [0.25, 0.3) is 11.1 Å². The van der Waals surface area contributed by atoms with E-state index >= 15 is 0 Å². The summed E-state index contributed by atoms with van der Waals surface area (Å²) in [5, 5.41) is 2.90. The number of alkyl halides is 3. The van der Waals surface area contributed by atoms with Gasteiger partial charge in [0, 0.05) is 19.5 Å². The van der Waals surface area contributed by atoms with E-state index < -0.39 is 23.8 Å². The van der Waals surface area contributed by atoms with Gasteiger partial charge in [-0.15, -0.1) is 0 Å². The molecule has 2 aromatic carbocycles. The number of carbonyl (C=O) groups excluding carboxylic acids is 1. The summed E-state index contributed by atoms with van der Waals surface area (Å²) in [4.78, 5) is 17.5. The average Bonchev–Trinajstić information content (AvgIpc) is 3.28. The van der Waals surface area contributed by atoms with Crippen LogP contribution in [-0.2, 0) is 17.4 Å². The molecule has 3 aromatic rings. The highest BCUT2D eigenvalue weighted by molar-refractivity contribution is 5.82. The van der Waals surface area contributed by atoms with Crippen LogP contribution in [0, 0.1) is 0 Å². The molecule has 0 saturated heterocycles. The number of nitrogens with two attached hydrogens (primary N) is 3. The Morgan fingerprint density at radius 3 is 2.30 bits per heavy atom. The number of likely N-dealkylation sites (N-methyl/N-ethyl adjacent to an activating group) is 1. The third kappa shape index (κ3) is 8.00. The fourth-order valence-corrected chi connectivity index (χ4v) is 4.37. The van der Waals surface area contributed by atoms with Gasteiger partial charge < -0.3 is 31.4 Å². The number of rotatable bonds is 13. The topological polar surface area (TPSA) is 133 Å². The van der Waals surface area contributed by atoms with Gasteiger partial charge in [-0.05, 0) is 42.7 Å². The summed E-state index contributed by atoms with van der Waals surface area (Å²) in [6.07, 6.45) is -3.08. The van der Waals surface area contributed by atoms with Crippen molar-refractivity contribution in [3.05, 3.63) is 65.5 Å². The molecule has 0 aliphatic rings. The highest BCUT2D eigenvalue weighted by Crippen LogP contribution is 2.30. The zero-order valence-electron chi connectivity index (χ0n) is 21.0. The lowest BCUT2D eigenvalue weighted by atomic mass is 10.0. The molecule has 0 fully saturated rings. The van der Waals surface area contributed by atoms with Crippen molar-refractivity contribution >= 4 is 17.0 Å². The van der Waals surface area contributed by atoms with E-state index in [9.17, 15) is 18.0 Å². The van der Waals surface area contributed by atoms with Crippen molar-refractivity contribution in [3.63, 3.8) is 0 Å². The van der Waals surface area contributed by atoms with Gasteiger partial charge in [0.25, 0.3) is 0 Å². The van der Waals surface area contributed by atoms with Gasteiger partial charge in [-0.1, -0.05) is 24.3 Å². The van der Waals surface area contributed by atoms with Gasteiger partial charge >= 0.3 is 6.18 Å². The number of fused-ring (bicyclic) bond motifs is 1. The molecule has 0 spiro atoms. The first-order valence-corrected chi connectivity index (χ1v) is 12.4. The van der Waals surface area contributed by atoms with Gasteiger partial charge in [-0.2, -0.15) is 13.2 Å². The monoisotopic (exact) mass is 521 g/mol. The van der Waals surface area contributed by atoms with Crippen LogP contribution in [0.15, 0.2) is 52.9 Å². The number of nitrogens with one attached hydrogen (secondary N) is 1. The van der Waals surface area contributed by atoms with E-state index in [1.54, 1.807) is 18.2 Å². The van der Waals surface area contributed by atoms with Crippen LogP contribution in [-0.4, -0.2) is 61.2 Å². The Balaban J connectivity index is 1.72. The Morgan fingerprint density at radius 1 is 1.05 bits per heavy atom. The Kier molecular flexibility index (Phi) is 9.66. The molecule has 1 aromatic heterocycles. The number of hydrogen-bond acceptors (Lipinski definition) is 6. The summed E-state index contributed by atoms with van der Waals surface area (Å²) >= 11 is 0. The summed E-state index contributed by atoms with van der Waals surface area (Å²) < 4.78 is 45.5. The van der Waals surface area contributed by atoms with Gasteiger partial charge in [0.1, 0.15) is 11.6 Å². The van der Waals surface area contributed by atoms with E-state index in [0.29, 0.717) is 47.1 Å². The maximum atomic E-state index is 13.0. The van der Waals surface area contributed by atoms with Crippen LogP contribution >= 0.6 is 0 Å². The average molecular weight is 522 g/mol. The first-order chi connectivity index (χ1) is 17.5. The minimum atomic E-state index is -4.43. The number of quaternary nitrogens is 1. The van der Waals surface area contributed by atoms with Crippen molar-refractivity contribution in [1.82, 2.24) is 10.3 Å². The Hall–Kier alpha value is -2.99. The fourth-order valence-electron chi connectivity index (χ4n) is 4.37. The molecule has 3 rings (SSSR count). The van der Waals surface area contributed by atoms with E-state index in [2.05, 4.69) is 17.3 Å². The van der Waals surface area contributed by atoms with Gasteiger partial charge in [-0.25, -0.2) is 4.98 Å². The summed E-state index contributed by atoms with van der Waals surface area (Å²) in [7, 11) is 2.08.